The number of amides is 3. The minimum Gasteiger partial charge on any atom is -0.457 e. The molecule has 6 heteroatoms. The number of carbonyl (C=O) groups is 2. The van der Waals surface area contributed by atoms with E-state index in [0.29, 0.717) is 18.0 Å². The lowest BCUT2D eigenvalue weighted by molar-refractivity contribution is -0.121. The zero-order valence-corrected chi connectivity index (χ0v) is 16.8. The Morgan fingerprint density at radius 2 is 1.63 bits per heavy atom. The van der Waals surface area contributed by atoms with Gasteiger partial charge in [0, 0.05) is 6.54 Å². The number of nitrogens with two attached hydrogens (primary N) is 1. The maximum absolute atomic E-state index is 12.5. The van der Waals surface area contributed by atoms with Crippen molar-refractivity contribution < 1.29 is 14.3 Å². The molecule has 3 aromatic rings. The summed E-state index contributed by atoms with van der Waals surface area (Å²) in [6, 6.07) is 23.2. The average molecular weight is 403 g/mol. The van der Waals surface area contributed by atoms with E-state index in [1.54, 1.807) is 6.07 Å². The zero-order chi connectivity index (χ0) is 21.3. The van der Waals surface area contributed by atoms with Gasteiger partial charge in [0.2, 0.25) is 5.91 Å². The van der Waals surface area contributed by atoms with E-state index in [1.807, 2.05) is 79.7 Å². The fourth-order valence-corrected chi connectivity index (χ4v) is 3.10. The quantitative estimate of drug-likeness (QED) is 0.526. The first kappa shape index (κ1) is 20.9. The number of urea groups is 1. The minimum absolute atomic E-state index is 0.0591. The molecule has 0 aliphatic heterocycles. The van der Waals surface area contributed by atoms with E-state index in [9.17, 15) is 9.59 Å². The standard InChI is InChI=1S/C24H25N3O3/c1-17-8-5-6-9-19(17)16-26-23(28)15-22(27-24(25)29)18-10-7-13-21(14-18)30-20-11-3-2-4-12-20/h2-14,22H,15-16H2,1H3,(H,26,28)(H3,25,27,29)/t22-/m0/s1. The molecular weight excluding hydrogens is 378 g/mol. The lowest BCUT2D eigenvalue weighted by Gasteiger charge is -2.19. The minimum atomic E-state index is -0.693. The van der Waals surface area contributed by atoms with Gasteiger partial charge >= 0.3 is 6.03 Å². The van der Waals surface area contributed by atoms with Gasteiger partial charge in [-0.3, -0.25) is 4.79 Å². The number of ether oxygens (including phenoxy) is 1. The van der Waals surface area contributed by atoms with E-state index in [2.05, 4.69) is 10.6 Å². The first-order valence-electron chi connectivity index (χ1n) is 9.71. The van der Waals surface area contributed by atoms with Gasteiger partial charge in [-0.1, -0.05) is 54.6 Å². The SMILES string of the molecule is Cc1ccccc1CNC(=O)C[C@H](NC(N)=O)c1cccc(Oc2ccccc2)c1. The summed E-state index contributed by atoms with van der Waals surface area (Å²) in [6.45, 7) is 2.42. The van der Waals surface area contributed by atoms with Crippen molar-refractivity contribution in [2.75, 3.05) is 0 Å². The van der Waals surface area contributed by atoms with Crippen LogP contribution in [0.2, 0.25) is 0 Å². The number of hydrogen-bond acceptors (Lipinski definition) is 3. The van der Waals surface area contributed by atoms with E-state index in [1.165, 1.54) is 0 Å². The Morgan fingerprint density at radius 3 is 2.37 bits per heavy atom. The molecule has 4 N–H and O–H groups in total. The van der Waals surface area contributed by atoms with Crippen molar-refractivity contribution >= 4 is 11.9 Å². The molecule has 0 aromatic heterocycles. The first-order chi connectivity index (χ1) is 14.5. The van der Waals surface area contributed by atoms with Gasteiger partial charge in [0.1, 0.15) is 11.5 Å². The van der Waals surface area contributed by atoms with Gasteiger partial charge < -0.3 is 21.1 Å². The van der Waals surface area contributed by atoms with Crippen LogP contribution in [-0.2, 0) is 11.3 Å². The lowest BCUT2D eigenvalue weighted by atomic mass is 10.0. The molecule has 0 aliphatic rings. The van der Waals surface area contributed by atoms with Crippen LogP contribution in [0.5, 0.6) is 11.5 Å². The van der Waals surface area contributed by atoms with E-state index in [0.717, 1.165) is 16.7 Å². The van der Waals surface area contributed by atoms with Gasteiger partial charge in [-0.2, -0.15) is 0 Å². The molecule has 6 nitrogen and oxygen atoms in total. The predicted octanol–water partition coefficient (Wildman–Crippen LogP) is 4.20. The largest absolute Gasteiger partial charge is 0.457 e. The Hall–Kier alpha value is -3.80. The van der Waals surface area contributed by atoms with Gasteiger partial charge in [-0.25, -0.2) is 4.79 Å². The van der Waals surface area contributed by atoms with Crippen LogP contribution in [0.3, 0.4) is 0 Å². The van der Waals surface area contributed by atoms with Crippen LogP contribution in [-0.4, -0.2) is 11.9 Å². The Labute approximate surface area is 176 Å². The molecule has 0 saturated heterocycles. The number of primary amides is 1. The predicted molar refractivity (Wildman–Crippen MR) is 116 cm³/mol. The highest BCUT2D eigenvalue weighted by Gasteiger charge is 2.18. The number of para-hydroxylation sites is 1. The molecule has 0 radical (unpaired) electrons. The third-order valence-electron chi connectivity index (χ3n) is 4.68. The molecule has 3 rings (SSSR count). The maximum Gasteiger partial charge on any atom is 0.312 e. The van der Waals surface area contributed by atoms with Crippen LogP contribution in [0.1, 0.15) is 29.2 Å². The highest BCUT2D eigenvalue weighted by atomic mass is 16.5. The Balaban J connectivity index is 1.69. The van der Waals surface area contributed by atoms with Gasteiger partial charge in [0.15, 0.2) is 0 Å². The van der Waals surface area contributed by atoms with E-state index in [4.69, 9.17) is 10.5 Å². The third kappa shape index (κ3) is 6.10. The summed E-state index contributed by atoms with van der Waals surface area (Å²) in [4.78, 5) is 24.0. The smallest absolute Gasteiger partial charge is 0.312 e. The first-order valence-corrected chi connectivity index (χ1v) is 9.71. The zero-order valence-electron chi connectivity index (χ0n) is 16.8. The van der Waals surface area contributed by atoms with E-state index >= 15 is 0 Å². The highest BCUT2D eigenvalue weighted by molar-refractivity contribution is 5.78. The summed E-state index contributed by atoms with van der Waals surface area (Å²) in [6.07, 6.45) is 0.0591. The van der Waals surface area contributed by atoms with Gasteiger partial charge in [0.25, 0.3) is 0 Å². The monoisotopic (exact) mass is 403 g/mol. The van der Waals surface area contributed by atoms with Crippen molar-refractivity contribution in [3.05, 3.63) is 95.6 Å². The second-order valence-corrected chi connectivity index (χ2v) is 6.96. The third-order valence-corrected chi connectivity index (χ3v) is 4.68. The van der Waals surface area contributed by atoms with E-state index < -0.39 is 12.1 Å². The molecular formula is C24H25N3O3. The van der Waals surface area contributed by atoms with Crippen LogP contribution in [0.15, 0.2) is 78.9 Å². The van der Waals surface area contributed by atoms with Crippen LogP contribution in [0.25, 0.3) is 0 Å². The molecule has 3 aromatic carbocycles. The Bertz CT molecular complexity index is 1010. The lowest BCUT2D eigenvalue weighted by Crippen LogP contribution is -2.36. The van der Waals surface area contributed by atoms with E-state index in [-0.39, 0.29) is 12.3 Å². The fraction of sp³-hybridized carbons (Fsp3) is 0.167. The number of rotatable bonds is 8. The second kappa shape index (κ2) is 10.1. The summed E-state index contributed by atoms with van der Waals surface area (Å²) >= 11 is 0. The summed E-state index contributed by atoms with van der Waals surface area (Å²) in [5.74, 6) is 1.12. The van der Waals surface area contributed by atoms with Crippen LogP contribution < -0.4 is 21.1 Å². The molecule has 0 spiro atoms. The Kier molecular flexibility index (Phi) is 7.05. The summed E-state index contributed by atoms with van der Waals surface area (Å²) in [7, 11) is 0. The molecule has 0 fully saturated rings. The normalized spacial score (nSPS) is 11.4. The molecule has 0 unspecified atom stereocenters. The molecule has 0 saturated carbocycles. The Morgan fingerprint density at radius 1 is 0.933 bits per heavy atom. The van der Waals surface area contributed by atoms with Crippen molar-refractivity contribution in [3.63, 3.8) is 0 Å². The molecule has 0 aliphatic carbocycles. The van der Waals surface area contributed by atoms with Crippen LogP contribution in [0.4, 0.5) is 4.79 Å². The van der Waals surface area contributed by atoms with Crippen molar-refractivity contribution in [1.82, 2.24) is 10.6 Å². The van der Waals surface area contributed by atoms with Crippen LogP contribution in [0, 0.1) is 6.92 Å². The molecule has 3 amide bonds. The number of nitrogens with one attached hydrogen (secondary N) is 2. The van der Waals surface area contributed by atoms with Crippen LogP contribution >= 0.6 is 0 Å². The molecule has 1 atom stereocenters. The van der Waals surface area contributed by atoms with Gasteiger partial charge in [-0.15, -0.1) is 0 Å². The number of hydrogen-bond donors (Lipinski definition) is 3. The average Bonchev–Trinajstić information content (AvgIpc) is 2.73. The number of carbonyl (C=O) groups excluding carboxylic acids is 2. The van der Waals surface area contributed by atoms with Gasteiger partial charge in [-0.05, 0) is 47.9 Å². The number of benzene rings is 3. The highest BCUT2D eigenvalue weighted by Crippen LogP contribution is 2.26. The topological polar surface area (TPSA) is 93.5 Å². The summed E-state index contributed by atoms with van der Waals surface area (Å²) in [5, 5.41) is 5.56. The number of aryl methyl sites for hydroxylation is 1. The molecule has 0 bridgehead atoms. The van der Waals surface area contributed by atoms with Crippen molar-refractivity contribution in [2.45, 2.75) is 25.9 Å². The van der Waals surface area contributed by atoms with Gasteiger partial charge in [0.05, 0.1) is 12.5 Å². The van der Waals surface area contributed by atoms with Crippen molar-refractivity contribution in [1.29, 1.82) is 0 Å². The maximum atomic E-state index is 12.5. The van der Waals surface area contributed by atoms with Crippen molar-refractivity contribution in [2.24, 2.45) is 5.73 Å². The fourth-order valence-electron chi connectivity index (χ4n) is 3.10. The van der Waals surface area contributed by atoms with Crippen molar-refractivity contribution in [3.8, 4) is 11.5 Å². The summed E-state index contributed by atoms with van der Waals surface area (Å²) < 4.78 is 5.85. The molecule has 30 heavy (non-hydrogen) atoms. The summed E-state index contributed by atoms with van der Waals surface area (Å²) in [5.41, 5.74) is 8.22. The molecule has 154 valence electrons. The molecule has 0 heterocycles. The second-order valence-electron chi connectivity index (χ2n) is 6.96.